The summed E-state index contributed by atoms with van der Waals surface area (Å²) in [6.07, 6.45) is 0.930. The number of nitrogens with zero attached hydrogens (tertiary/aromatic N) is 1. The molecule has 7 heteroatoms. The Bertz CT molecular complexity index is 705. The van der Waals surface area contributed by atoms with Crippen LogP contribution in [-0.4, -0.2) is 38.8 Å². The number of fused-ring (bicyclic) bond motifs is 1. The van der Waals surface area contributed by atoms with Crippen molar-refractivity contribution in [1.29, 1.82) is 0 Å². The van der Waals surface area contributed by atoms with Crippen LogP contribution in [0.5, 0.6) is 11.5 Å². The second-order valence-electron chi connectivity index (χ2n) is 5.33. The topological polar surface area (TPSA) is 54.9 Å². The maximum Gasteiger partial charge on any atom is 0.191 e. The number of nitrogens with one attached hydrogen (secondary N) is 2. The maximum atomic E-state index is 5.93. The molecule has 5 nitrogen and oxygen atoms in total. The number of rotatable bonds is 5. The quantitative estimate of drug-likeness (QED) is 0.588. The van der Waals surface area contributed by atoms with Crippen LogP contribution in [0.3, 0.4) is 0 Å². The summed E-state index contributed by atoms with van der Waals surface area (Å²) in [5, 5.41) is 6.61. The van der Waals surface area contributed by atoms with E-state index in [0.717, 1.165) is 34.2 Å². The second kappa shape index (κ2) is 8.39. The number of hydrogen-bond donors (Lipinski definition) is 2. The van der Waals surface area contributed by atoms with Crippen LogP contribution >= 0.6 is 27.3 Å². The van der Waals surface area contributed by atoms with Gasteiger partial charge in [-0.25, -0.2) is 0 Å². The van der Waals surface area contributed by atoms with Gasteiger partial charge in [0.25, 0.3) is 0 Å². The fraction of sp³-hybridized carbons (Fsp3) is 0.353. The minimum Gasteiger partial charge on any atom is -0.486 e. The van der Waals surface area contributed by atoms with Gasteiger partial charge in [0.05, 0.1) is 10.3 Å². The van der Waals surface area contributed by atoms with Gasteiger partial charge in [0.1, 0.15) is 12.7 Å². The minimum atomic E-state index is -0.0355. The first kappa shape index (κ1) is 17.1. The molecule has 0 radical (unpaired) electrons. The van der Waals surface area contributed by atoms with Gasteiger partial charge in [-0.1, -0.05) is 12.1 Å². The molecule has 1 aliphatic rings. The van der Waals surface area contributed by atoms with Crippen molar-refractivity contribution < 1.29 is 9.47 Å². The van der Waals surface area contributed by atoms with E-state index in [1.165, 1.54) is 4.88 Å². The molecule has 1 aromatic heterocycles. The molecule has 0 saturated carbocycles. The number of halogens is 1. The predicted molar refractivity (Wildman–Crippen MR) is 101 cm³/mol. The van der Waals surface area contributed by atoms with Gasteiger partial charge in [-0.05, 0) is 46.6 Å². The molecule has 0 amide bonds. The lowest BCUT2D eigenvalue weighted by molar-refractivity contribution is 0.0936. The molecule has 1 atom stereocenters. The molecule has 24 heavy (non-hydrogen) atoms. The maximum absolute atomic E-state index is 5.93. The van der Waals surface area contributed by atoms with Crippen molar-refractivity contribution in [2.24, 2.45) is 4.99 Å². The molecule has 1 unspecified atom stereocenters. The smallest absolute Gasteiger partial charge is 0.191 e. The standard InChI is InChI=1S/C17H20BrN3O2S/c1-19-17(20-9-8-13-6-7-16(18)24-13)21-10-12-11-22-14-4-2-3-5-15(14)23-12/h2-7,12H,8-11H2,1H3,(H2,19,20,21). The Labute approximate surface area is 154 Å². The monoisotopic (exact) mass is 409 g/mol. The number of ether oxygens (including phenoxy) is 2. The van der Waals surface area contributed by atoms with Gasteiger partial charge in [0.2, 0.25) is 0 Å². The highest BCUT2D eigenvalue weighted by molar-refractivity contribution is 9.11. The number of hydrogen-bond acceptors (Lipinski definition) is 4. The summed E-state index contributed by atoms with van der Waals surface area (Å²) in [6, 6.07) is 11.9. The predicted octanol–water partition coefficient (Wildman–Crippen LogP) is 3.06. The van der Waals surface area contributed by atoms with Crippen molar-refractivity contribution in [1.82, 2.24) is 10.6 Å². The summed E-state index contributed by atoms with van der Waals surface area (Å²) >= 11 is 5.24. The van der Waals surface area contributed by atoms with Crippen LogP contribution < -0.4 is 20.1 Å². The highest BCUT2D eigenvalue weighted by Gasteiger charge is 2.20. The summed E-state index contributed by atoms with van der Waals surface area (Å²) in [7, 11) is 1.77. The zero-order chi connectivity index (χ0) is 16.8. The Balaban J connectivity index is 1.41. The van der Waals surface area contributed by atoms with Gasteiger partial charge in [-0.3, -0.25) is 4.99 Å². The van der Waals surface area contributed by atoms with Gasteiger partial charge in [0.15, 0.2) is 17.5 Å². The minimum absolute atomic E-state index is 0.0355. The van der Waals surface area contributed by atoms with Crippen LogP contribution in [0.25, 0.3) is 0 Å². The van der Waals surface area contributed by atoms with Crippen molar-refractivity contribution in [2.45, 2.75) is 12.5 Å². The van der Waals surface area contributed by atoms with E-state index in [0.29, 0.717) is 13.2 Å². The van der Waals surface area contributed by atoms with Crippen LogP contribution in [0.15, 0.2) is 45.2 Å². The van der Waals surface area contributed by atoms with E-state index in [-0.39, 0.29) is 6.10 Å². The van der Waals surface area contributed by atoms with Crippen molar-refractivity contribution in [3.05, 3.63) is 45.1 Å². The Morgan fingerprint density at radius 1 is 1.25 bits per heavy atom. The van der Waals surface area contributed by atoms with Gasteiger partial charge in [-0.15, -0.1) is 11.3 Å². The van der Waals surface area contributed by atoms with E-state index in [9.17, 15) is 0 Å². The summed E-state index contributed by atoms with van der Waals surface area (Å²) in [5.41, 5.74) is 0. The molecule has 128 valence electrons. The Hall–Kier alpha value is -1.73. The second-order valence-corrected chi connectivity index (χ2v) is 7.88. The zero-order valence-electron chi connectivity index (χ0n) is 13.4. The van der Waals surface area contributed by atoms with Crippen LogP contribution in [-0.2, 0) is 6.42 Å². The van der Waals surface area contributed by atoms with Gasteiger partial charge in [-0.2, -0.15) is 0 Å². The summed E-state index contributed by atoms with van der Waals surface area (Å²) in [5.74, 6) is 2.37. The molecule has 1 aliphatic heterocycles. The van der Waals surface area contributed by atoms with Crippen LogP contribution in [0.2, 0.25) is 0 Å². The molecule has 0 saturated heterocycles. The summed E-state index contributed by atoms with van der Waals surface area (Å²) < 4.78 is 12.8. The fourth-order valence-corrected chi connectivity index (χ4v) is 3.87. The molecule has 0 aliphatic carbocycles. The summed E-state index contributed by atoms with van der Waals surface area (Å²) in [4.78, 5) is 5.58. The third kappa shape index (κ3) is 4.64. The largest absolute Gasteiger partial charge is 0.486 e. The molecular formula is C17H20BrN3O2S. The van der Waals surface area contributed by atoms with Crippen molar-refractivity contribution >= 4 is 33.2 Å². The van der Waals surface area contributed by atoms with E-state index in [2.05, 4.69) is 43.7 Å². The van der Waals surface area contributed by atoms with E-state index in [4.69, 9.17) is 9.47 Å². The summed E-state index contributed by atoms with van der Waals surface area (Å²) in [6.45, 7) is 2.00. The number of para-hydroxylation sites is 2. The molecule has 2 aromatic rings. The molecule has 3 rings (SSSR count). The van der Waals surface area contributed by atoms with Crippen LogP contribution in [0.4, 0.5) is 0 Å². The lowest BCUT2D eigenvalue weighted by atomic mass is 10.2. The van der Waals surface area contributed by atoms with E-state index in [1.807, 2.05) is 24.3 Å². The van der Waals surface area contributed by atoms with Gasteiger partial charge in [0, 0.05) is 18.5 Å². The SMILES string of the molecule is CN=C(NCCc1ccc(Br)s1)NCC1COc2ccccc2O1. The average molecular weight is 410 g/mol. The van der Waals surface area contributed by atoms with E-state index >= 15 is 0 Å². The average Bonchev–Trinajstić information content (AvgIpc) is 3.03. The first-order chi connectivity index (χ1) is 11.7. The van der Waals surface area contributed by atoms with Crippen molar-refractivity contribution in [2.75, 3.05) is 26.7 Å². The highest BCUT2D eigenvalue weighted by atomic mass is 79.9. The van der Waals surface area contributed by atoms with Gasteiger partial charge < -0.3 is 20.1 Å². The Kier molecular flexibility index (Phi) is 5.98. The molecule has 0 fully saturated rings. The third-order valence-corrected chi connectivity index (χ3v) is 5.26. The van der Waals surface area contributed by atoms with Gasteiger partial charge >= 0.3 is 0 Å². The van der Waals surface area contributed by atoms with Crippen LogP contribution in [0.1, 0.15) is 4.88 Å². The molecule has 2 N–H and O–H groups in total. The first-order valence-electron chi connectivity index (χ1n) is 7.82. The molecule has 0 spiro atoms. The lowest BCUT2D eigenvalue weighted by Crippen LogP contribution is -2.45. The zero-order valence-corrected chi connectivity index (χ0v) is 15.8. The number of thiophene rings is 1. The number of benzene rings is 1. The highest BCUT2D eigenvalue weighted by Crippen LogP contribution is 2.30. The van der Waals surface area contributed by atoms with E-state index < -0.39 is 0 Å². The van der Waals surface area contributed by atoms with Crippen molar-refractivity contribution in [3.8, 4) is 11.5 Å². The Morgan fingerprint density at radius 2 is 2.08 bits per heavy atom. The van der Waals surface area contributed by atoms with Crippen LogP contribution in [0, 0.1) is 0 Å². The third-order valence-electron chi connectivity index (χ3n) is 3.58. The number of guanidine groups is 1. The van der Waals surface area contributed by atoms with E-state index in [1.54, 1.807) is 18.4 Å². The molecule has 1 aromatic carbocycles. The Morgan fingerprint density at radius 3 is 2.83 bits per heavy atom. The normalized spacial score (nSPS) is 16.8. The molecular weight excluding hydrogens is 390 g/mol. The molecule has 2 heterocycles. The van der Waals surface area contributed by atoms with Crippen molar-refractivity contribution in [3.63, 3.8) is 0 Å². The molecule has 0 bridgehead atoms. The lowest BCUT2D eigenvalue weighted by Gasteiger charge is -2.27. The number of aliphatic imine (C=N–C) groups is 1. The first-order valence-corrected chi connectivity index (χ1v) is 9.43. The fourth-order valence-electron chi connectivity index (χ4n) is 2.39.